The van der Waals surface area contributed by atoms with Crippen molar-refractivity contribution < 1.29 is 19.0 Å². The number of fused-ring (bicyclic) bond motifs is 3. The summed E-state index contributed by atoms with van der Waals surface area (Å²) in [6.45, 7) is 5.55. The van der Waals surface area contributed by atoms with Gasteiger partial charge in [-0.25, -0.2) is 4.79 Å². The van der Waals surface area contributed by atoms with Crippen molar-refractivity contribution in [3.8, 4) is 11.1 Å². The SMILES string of the molecule is CCCCCCCCCCCCCCCCOCCOCCN(C)C(=O)OCC1c2ccccc2-c2ccccc21. The summed E-state index contributed by atoms with van der Waals surface area (Å²) >= 11 is 0. The van der Waals surface area contributed by atoms with E-state index in [0.29, 0.717) is 33.0 Å². The molecule has 228 valence electrons. The molecule has 41 heavy (non-hydrogen) atoms. The standard InChI is InChI=1S/C36H55NO4/c1-3-4-5-6-7-8-9-10-11-12-13-14-15-20-26-39-28-29-40-27-25-37(2)36(38)41-30-35-33-23-18-16-21-31(33)32-22-17-19-24-34(32)35/h16-19,21-24,35H,3-15,20,25-30H2,1-2H3. The van der Waals surface area contributed by atoms with E-state index in [2.05, 4.69) is 43.3 Å². The second kappa shape index (κ2) is 20.5. The fourth-order valence-electron chi connectivity index (χ4n) is 5.72. The Labute approximate surface area is 250 Å². The molecule has 0 heterocycles. The van der Waals surface area contributed by atoms with Crippen LogP contribution in [0.4, 0.5) is 4.79 Å². The number of ether oxygens (including phenoxy) is 3. The van der Waals surface area contributed by atoms with Gasteiger partial charge in [0.1, 0.15) is 6.61 Å². The lowest BCUT2D eigenvalue weighted by Crippen LogP contribution is -2.32. The van der Waals surface area contributed by atoms with Crippen molar-refractivity contribution in [2.45, 2.75) is 103 Å². The fraction of sp³-hybridized carbons (Fsp3) is 0.639. The van der Waals surface area contributed by atoms with Crippen LogP contribution in [0.5, 0.6) is 0 Å². The van der Waals surface area contributed by atoms with Gasteiger partial charge in [0.25, 0.3) is 0 Å². The van der Waals surface area contributed by atoms with E-state index in [1.54, 1.807) is 11.9 Å². The van der Waals surface area contributed by atoms with Crippen molar-refractivity contribution in [2.24, 2.45) is 0 Å². The third-order valence-electron chi connectivity index (χ3n) is 8.23. The maximum atomic E-state index is 12.6. The number of likely N-dealkylation sites (N-methyl/N-ethyl adjacent to an activating group) is 1. The van der Waals surface area contributed by atoms with Gasteiger partial charge in [-0.15, -0.1) is 0 Å². The minimum Gasteiger partial charge on any atom is -0.448 e. The number of unbranched alkanes of at least 4 members (excludes halogenated alkanes) is 13. The number of hydrogen-bond acceptors (Lipinski definition) is 4. The molecule has 0 bridgehead atoms. The quantitative estimate of drug-likeness (QED) is 0.126. The summed E-state index contributed by atoms with van der Waals surface area (Å²) in [4.78, 5) is 14.2. The number of hydrogen-bond donors (Lipinski definition) is 0. The van der Waals surface area contributed by atoms with Gasteiger partial charge >= 0.3 is 6.09 Å². The van der Waals surface area contributed by atoms with Crippen LogP contribution in [-0.2, 0) is 14.2 Å². The molecule has 5 heteroatoms. The molecule has 0 fully saturated rings. The lowest BCUT2D eigenvalue weighted by atomic mass is 9.98. The number of carbonyl (C=O) groups excluding carboxylic acids is 1. The largest absolute Gasteiger partial charge is 0.448 e. The first kappa shape index (κ1) is 33.1. The highest BCUT2D eigenvalue weighted by atomic mass is 16.6. The molecule has 1 amide bonds. The Balaban J connectivity index is 1.11. The van der Waals surface area contributed by atoms with E-state index in [4.69, 9.17) is 14.2 Å². The molecule has 1 aliphatic carbocycles. The molecule has 0 N–H and O–H groups in total. The van der Waals surface area contributed by atoms with Crippen molar-refractivity contribution >= 4 is 6.09 Å². The second-order valence-electron chi connectivity index (χ2n) is 11.5. The highest BCUT2D eigenvalue weighted by Gasteiger charge is 2.29. The highest BCUT2D eigenvalue weighted by Crippen LogP contribution is 2.44. The van der Waals surface area contributed by atoms with Crippen molar-refractivity contribution in [1.29, 1.82) is 0 Å². The van der Waals surface area contributed by atoms with Crippen molar-refractivity contribution in [2.75, 3.05) is 46.6 Å². The van der Waals surface area contributed by atoms with Gasteiger partial charge in [-0.3, -0.25) is 0 Å². The summed E-state index contributed by atoms with van der Waals surface area (Å²) < 4.78 is 17.1. The van der Waals surface area contributed by atoms with Gasteiger partial charge in [-0.05, 0) is 28.7 Å². The normalized spacial score (nSPS) is 12.3. The van der Waals surface area contributed by atoms with Crippen molar-refractivity contribution in [3.63, 3.8) is 0 Å². The second-order valence-corrected chi connectivity index (χ2v) is 11.5. The van der Waals surface area contributed by atoms with Gasteiger partial charge in [0.2, 0.25) is 0 Å². The Bertz CT molecular complexity index is 932. The van der Waals surface area contributed by atoms with Crippen LogP contribution in [0.25, 0.3) is 11.1 Å². The Morgan fingerprint density at radius 1 is 0.634 bits per heavy atom. The summed E-state index contributed by atoms with van der Waals surface area (Å²) in [5.41, 5.74) is 4.91. The molecule has 2 aromatic carbocycles. The fourth-order valence-corrected chi connectivity index (χ4v) is 5.72. The monoisotopic (exact) mass is 565 g/mol. The average molecular weight is 566 g/mol. The molecule has 0 radical (unpaired) electrons. The van der Waals surface area contributed by atoms with Crippen LogP contribution in [0.3, 0.4) is 0 Å². The Hall–Kier alpha value is -2.37. The molecule has 5 nitrogen and oxygen atoms in total. The third kappa shape index (κ3) is 12.2. The number of benzene rings is 2. The maximum absolute atomic E-state index is 12.6. The van der Waals surface area contributed by atoms with E-state index in [1.807, 2.05) is 12.1 Å². The third-order valence-corrected chi connectivity index (χ3v) is 8.23. The van der Waals surface area contributed by atoms with Gasteiger partial charge in [0, 0.05) is 26.1 Å². The van der Waals surface area contributed by atoms with E-state index in [1.165, 1.54) is 106 Å². The van der Waals surface area contributed by atoms with Gasteiger partial charge in [0.05, 0.1) is 19.8 Å². The minimum absolute atomic E-state index is 0.0767. The first-order valence-electron chi connectivity index (χ1n) is 16.4. The van der Waals surface area contributed by atoms with Crippen LogP contribution in [0, 0.1) is 0 Å². The Morgan fingerprint density at radius 2 is 1.10 bits per heavy atom. The van der Waals surface area contributed by atoms with Crippen LogP contribution >= 0.6 is 0 Å². The van der Waals surface area contributed by atoms with Crippen LogP contribution in [-0.4, -0.2) is 57.6 Å². The summed E-state index contributed by atoms with van der Waals surface area (Å²) in [6, 6.07) is 16.8. The number of carbonyl (C=O) groups is 1. The average Bonchev–Trinajstić information content (AvgIpc) is 3.32. The summed E-state index contributed by atoms with van der Waals surface area (Å²) in [6.07, 6.45) is 18.8. The number of rotatable bonds is 23. The molecule has 0 unspecified atom stereocenters. The first-order chi connectivity index (χ1) is 20.2. The molecule has 0 aliphatic heterocycles. The summed E-state index contributed by atoms with van der Waals surface area (Å²) in [7, 11) is 1.76. The van der Waals surface area contributed by atoms with E-state index in [-0.39, 0.29) is 12.0 Å². The van der Waals surface area contributed by atoms with Gasteiger partial charge in [0.15, 0.2) is 0 Å². The zero-order valence-electron chi connectivity index (χ0n) is 25.9. The summed E-state index contributed by atoms with van der Waals surface area (Å²) in [5, 5.41) is 0. The van der Waals surface area contributed by atoms with Crippen LogP contribution in [0.2, 0.25) is 0 Å². The minimum atomic E-state index is -0.315. The van der Waals surface area contributed by atoms with Crippen LogP contribution in [0.1, 0.15) is 114 Å². The molecule has 0 spiro atoms. The van der Waals surface area contributed by atoms with E-state index >= 15 is 0 Å². The smallest absolute Gasteiger partial charge is 0.409 e. The first-order valence-corrected chi connectivity index (χ1v) is 16.4. The topological polar surface area (TPSA) is 48.0 Å². The van der Waals surface area contributed by atoms with E-state index < -0.39 is 0 Å². The van der Waals surface area contributed by atoms with Gasteiger partial charge < -0.3 is 19.1 Å². The van der Waals surface area contributed by atoms with Crippen LogP contribution < -0.4 is 0 Å². The molecule has 2 aromatic rings. The van der Waals surface area contributed by atoms with E-state index in [9.17, 15) is 4.79 Å². The van der Waals surface area contributed by atoms with Gasteiger partial charge in [-0.2, -0.15) is 0 Å². The van der Waals surface area contributed by atoms with Crippen molar-refractivity contribution in [1.82, 2.24) is 4.90 Å². The predicted molar refractivity (Wildman–Crippen MR) is 170 cm³/mol. The summed E-state index contributed by atoms with van der Waals surface area (Å²) in [5.74, 6) is 0.0767. The molecule has 0 saturated heterocycles. The lowest BCUT2D eigenvalue weighted by Gasteiger charge is -2.19. The zero-order chi connectivity index (χ0) is 29.0. The molecular formula is C36H55NO4. The highest BCUT2D eigenvalue weighted by molar-refractivity contribution is 5.79. The predicted octanol–water partition coefficient (Wildman–Crippen LogP) is 9.38. The number of amides is 1. The van der Waals surface area contributed by atoms with E-state index in [0.717, 1.165) is 13.0 Å². The molecule has 0 aromatic heterocycles. The van der Waals surface area contributed by atoms with Crippen molar-refractivity contribution in [3.05, 3.63) is 59.7 Å². The number of nitrogens with zero attached hydrogens (tertiary/aromatic N) is 1. The van der Waals surface area contributed by atoms with Crippen LogP contribution in [0.15, 0.2) is 48.5 Å². The molecule has 0 atom stereocenters. The maximum Gasteiger partial charge on any atom is 0.409 e. The Morgan fingerprint density at radius 3 is 1.63 bits per heavy atom. The zero-order valence-corrected chi connectivity index (χ0v) is 25.9. The molecule has 3 rings (SSSR count). The Kier molecular flexibility index (Phi) is 16.6. The molecular weight excluding hydrogens is 510 g/mol. The van der Waals surface area contributed by atoms with Gasteiger partial charge in [-0.1, -0.05) is 139 Å². The molecule has 0 saturated carbocycles. The molecule has 1 aliphatic rings. The lowest BCUT2D eigenvalue weighted by molar-refractivity contribution is 0.0371.